The molecule has 1 N–H and O–H groups in total. The Morgan fingerprint density at radius 1 is 1.17 bits per heavy atom. The van der Waals surface area contributed by atoms with Crippen molar-refractivity contribution < 1.29 is 4.74 Å². The van der Waals surface area contributed by atoms with Crippen molar-refractivity contribution in [2.45, 2.75) is 5.88 Å². The summed E-state index contributed by atoms with van der Waals surface area (Å²) in [6, 6.07) is 14.8. The number of halogens is 1. The number of aromatic amines is 1. The zero-order valence-electron chi connectivity index (χ0n) is 12.5. The van der Waals surface area contributed by atoms with Gasteiger partial charge in [0.25, 0.3) is 0 Å². The number of hydrogen-bond acceptors (Lipinski definition) is 3. The summed E-state index contributed by atoms with van der Waals surface area (Å²) >= 11 is 5.77. The minimum atomic E-state index is -0.114. The number of hydrogen-bond donors (Lipinski definition) is 1. The van der Waals surface area contributed by atoms with Crippen LogP contribution >= 0.6 is 11.6 Å². The number of aliphatic imine (C=N–C) groups is 1. The SMILES string of the molecule is COc1[nH]c2ccccc2c(=O)c1C=Nc1ccc(CCl)cc1. The summed E-state index contributed by atoms with van der Waals surface area (Å²) in [6.07, 6.45) is 1.53. The van der Waals surface area contributed by atoms with E-state index in [-0.39, 0.29) is 5.43 Å². The van der Waals surface area contributed by atoms with Crippen molar-refractivity contribution in [3.05, 3.63) is 69.9 Å². The number of methoxy groups -OCH3 is 1. The highest BCUT2D eigenvalue weighted by atomic mass is 35.5. The molecule has 5 heteroatoms. The maximum Gasteiger partial charge on any atom is 0.204 e. The van der Waals surface area contributed by atoms with Crippen LogP contribution in [-0.4, -0.2) is 18.3 Å². The van der Waals surface area contributed by atoms with Gasteiger partial charge < -0.3 is 9.72 Å². The Labute approximate surface area is 138 Å². The first-order chi connectivity index (χ1) is 11.2. The minimum absolute atomic E-state index is 0.114. The molecular formula is C18H15ClN2O2. The summed E-state index contributed by atoms with van der Waals surface area (Å²) in [4.78, 5) is 20.1. The van der Waals surface area contributed by atoms with Crippen molar-refractivity contribution in [3.63, 3.8) is 0 Å². The number of rotatable bonds is 4. The van der Waals surface area contributed by atoms with Crippen LogP contribution in [0, 0.1) is 0 Å². The lowest BCUT2D eigenvalue weighted by molar-refractivity contribution is 0.398. The molecule has 0 fully saturated rings. The first kappa shape index (κ1) is 15.3. The maximum absolute atomic E-state index is 12.6. The minimum Gasteiger partial charge on any atom is -0.482 e. The van der Waals surface area contributed by atoms with Crippen LogP contribution in [0.3, 0.4) is 0 Å². The Balaban J connectivity index is 2.05. The molecular weight excluding hydrogens is 312 g/mol. The third kappa shape index (κ3) is 3.12. The number of nitrogens with one attached hydrogen (secondary N) is 1. The van der Waals surface area contributed by atoms with Crippen LogP contribution in [0.5, 0.6) is 5.88 Å². The van der Waals surface area contributed by atoms with Crippen LogP contribution in [0.1, 0.15) is 11.1 Å². The van der Waals surface area contributed by atoms with Gasteiger partial charge in [-0.1, -0.05) is 24.3 Å². The zero-order chi connectivity index (χ0) is 16.2. The molecule has 0 aliphatic carbocycles. The first-order valence-corrected chi connectivity index (χ1v) is 7.64. The molecule has 116 valence electrons. The highest BCUT2D eigenvalue weighted by Gasteiger charge is 2.10. The second-order valence-corrected chi connectivity index (χ2v) is 5.27. The summed E-state index contributed by atoms with van der Waals surface area (Å²) in [6.45, 7) is 0. The molecule has 0 unspecified atom stereocenters. The Kier molecular flexibility index (Phi) is 4.44. The lowest BCUT2D eigenvalue weighted by Gasteiger charge is -2.06. The first-order valence-electron chi connectivity index (χ1n) is 7.11. The van der Waals surface area contributed by atoms with Crippen molar-refractivity contribution in [1.82, 2.24) is 4.98 Å². The molecule has 0 saturated heterocycles. The van der Waals surface area contributed by atoms with Gasteiger partial charge in [-0.2, -0.15) is 0 Å². The summed E-state index contributed by atoms with van der Waals surface area (Å²) in [5, 5.41) is 0.604. The third-order valence-electron chi connectivity index (χ3n) is 3.55. The largest absolute Gasteiger partial charge is 0.482 e. The summed E-state index contributed by atoms with van der Waals surface area (Å²) < 4.78 is 5.29. The second-order valence-electron chi connectivity index (χ2n) is 5.00. The topological polar surface area (TPSA) is 54.5 Å². The van der Waals surface area contributed by atoms with Gasteiger partial charge in [0.05, 0.1) is 18.3 Å². The van der Waals surface area contributed by atoms with Gasteiger partial charge in [0.1, 0.15) is 5.56 Å². The molecule has 3 rings (SSSR count). The van der Waals surface area contributed by atoms with Crippen molar-refractivity contribution in [2.24, 2.45) is 4.99 Å². The van der Waals surface area contributed by atoms with E-state index in [1.165, 1.54) is 13.3 Å². The van der Waals surface area contributed by atoms with Crippen LogP contribution < -0.4 is 10.2 Å². The number of para-hydroxylation sites is 1. The fourth-order valence-corrected chi connectivity index (χ4v) is 2.49. The predicted molar refractivity (Wildman–Crippen MR) is 94.4 cm³/mol. The van der Waals surface area contributed by atoms with Gasteiger partial charge in [-0.25, -0.2) is 0 Å². The van der Waals surface area contributed by atoms with E-state index in [0.717, 1.165) is 16.8 Å². The van der Waals surface area contributed by atoms with E-state index in [4.69, 9.17) is 16.3 Å². The molecule has 2 aromatic carbocycles. The number of pyridine rings is 1. The van der Waals surface area contributed by atoms with Crippen molar-refractivity contribution in [3.8, 4) is 5.88 Å². The van der Waals surface area contributed by atoms with Gasteiger partial charge in [-0.15, -0.1) is 11.6 Å². The van der Waals surface area contributed by atoms with Crippen molar-refractivity contribution >= 4 is 34.4 Å². The van der Waals surface area contributed by atoms with Gasteiger partial charge in [0, 0.05) is 17.5 Å². The van der Waals surface area contributed by atoms with Gasteiger partial charge in [0.15, 0.2) is 0 Å². The smallest absolute Gasteiger partial charge is 0.204 e. The highest BCUT2D eigenvalue weighted by molar-refractivity contribution is 6.17. The number of H-pyrrole nitrogens is 1. The Bertz CT molecular complexity index is 914. The van der Waals surface area contributed by atoms with Gasteiger partial charge in [-0.3, -0.25) is 9.79 Å². The predicted octanol–water partition coefficient (Wildman–Crippen LogP) is 4.03. The van der Waals surface area contributed by atoms with Crippen LogP contribution in [-0.2, 0) is 5.88 Å². The van der Waals surface area contributed by atoms with E-state index >= 15 is 0 Å². The van der Waals surface area contributed by atoms with Crippen molar-refractivity contribution in [2.75, 3.05) is 7.11 Å². The Morgan fingerprint density at radius 2 is 1.91 bits per heavy atom. The number of ether oxygens (including phenoxy) is 1. The van der Waals surface area contributed by atoms with Crippen LogP contribution in [0.15, 0.2) is 58.3 Å². The number of alkyl halides is 1. The van der Waals surface area contributed by atoms with Gasteiger partial charge in [0.2, 0.25) is 11.3 Å². The monoisotopic (exact) mass is 326 g/mol. The Hall–Kier alpha value is -2.59. The molecule has 23 heavy (non-hydrogen) atoms. The summed E-state index contributed by atoms with van der Waals surface area (Å²) in [5.41, 5.74) is 2.78. The Morgan fingerprint density at radius 3 is 2.61 bits per heavy atom. The molecule has 0 aliphatic rings. The number of aromatic nitrogens is 1. The molecule has 0 saturated carbocycles. The van der Waals surface area contributed by atoms with E-state index in [1.807, 2.05) is 42.5 Å². The molecule has 4 nitrogen and oxygen atoms in total. The fraction of sp³-hybridized carbons (Fsp3) is 0.111. The van der Waals surface area contributed by atoms with Crippen LogP contribution in [0.4, 0.5) is 5.69 Å². The molecule has 0 atom stereocenters. The molecule has 0 spiro atoms. The molecule has 1 heterocycles. The van der Waals surface area contributed by atoms with E-state index in [9.17, 15) is 4.79 Å². The maximum atomic E-state index is 12.6. The van der Waals surface area contributed by atoms with E-state index in [2.05, 4.69) is 9.98 Å². The lowest BCUT2D eigenvalue weighted by Crippen LogP contribution is -2.12. The normalized spacial score (nSPS) is 11.2. The summed E-state index contributed by atoms with van der Waals surface area (Å²) in [5.74, 6) is 0.858. The molecule has 0 aliphatic heterocycles. The van der Waals surface area contributed by atoms with Crippen LogP contribution in [0.2, 0.25) is 0 Å². The molecule has 0 amide bonds. The lowest BCUT2D eigenvalue weighted by atomic mass is 10.1. The average Bonchev–Trinajstić information content (AvgIpc) is 2.61. The number of nitrogens with zero attached hydrogens (tertiary/aromatic N) is 1. The third-order valence-corrected chi connectivity index (χ3v) is 3.86. The van der Waals surface area contributed by atoms with E-state index in [1.54, 1.807) is 6.07 Å². The molecule has 0 bridgehead atoms. The second kappa shape index (κ2) is 6.67. The fourth-order valence-electron chi connectivity index (χ4n) is 2.32. The number of benzene rings is 2. The van der Waals surface area contributed by atoms with Crippen LogP contribution in [0.25, 0.3) is 10.9 Å². The zero-order valence-corrected chi connectivity index (χ0v) is 13.3. The van der Waals surface area contributed by atoms with Gasteiger partial charge >= 0.3 is 0 Å². The molecule has 0 radical (unpaired) electrons. The molecule has 3 aromatic rings. The number of fused-ring (bicyclic) bond motifs is 1. The van der Waals surface area contributed by atoms with E-state index < -0.39 is 0 Å². The standard InChI is InChI=1S/C18H15ClN2O2/c1-23-18-15(11-20-13-8-6-12(10-19)7-9-13)17(22)14-4-2-3-5-16(14)21-18/h2-9,11H,10H2,1H3,(H,21,22). The average molecular weight is 327 g/mol. The summed E-state index contributed by atoms with van der Waals surface area (Å²) in [7, 11) is 1.52. The van der Waals surface area contributed by atoms with Crippen molar-refractivity contribution in [1.29, 1.82) is 0 Å². The van der Waals surface area contributed by atoms with E-state index in [0.29, 0.717) is 22.7 Å². The molecule has 1 aromatic heterocycles. The quantitative estimate of drug-likeness (QED) is 0.581. The highest BCUT2D eigenvalue weighted by Crippen LogP contribution is 2.18. The van der Waals surface area contributed by atoms with Gasteiger partial charge in [-0.05, 0) is 29.8 Å².